The average Bonchev–Trinajstić information content (AvgIpc) is 2.73. The first-order valence-electron chi connectivity index (χ1n) is 5.05. The van der Waals surface area contributed by atoms with Gasteiger partial charge in [-0.1, -0.05) is 0 Å². The van der Waals surface area contributed by atoms with Crippen molar-refractivity contribution in [2.75, 3.05) is 0 Å². The lowest BCUT2D eigenvalue weighted by molar-refractivity contribution is -0.137. The summed E-state index contributed by atoms with van der Waals surface area (Å²) in [6.07, 6.45) is -1.64. The Kier molecular flexibility index (Phi) is 2.83. The van der Waals surface area contributed by atoms with E-state index in [-0.39, 0.29) is 11.3 Å². The Bertz CT molecular complexity index is 620. The van der Waals surface area contributed by atoms with E-state index < -0.39 is 11.7 Å². The van der Waals surface area contributed by atoms with Crippen LogP contribution in [0.5, 0.6) is 0 Å². The molecule has 0 saturated heterocycles. The molecule has 1 heterocycles. The Hall–Kier alpha value is -2.29. The van der Waals surface area contributed by atoms with E-state index in [1.807, 2.05) is 0 Å². The first-order valence-corrected chi connectivity index (χ1v) is 5.05. The molecule has 1 aromatic carbocycles. The molecule has 2 aromatic rings. The molecule has 0 saturated carbocycles. The second kappa shape index (κ2) is 4.18. The summed E-state index contributed by atoms with van der Waals surface area (Å²) in [4.78, 5) is 3.89. The summed E-state index contributed by atoms with van der Waals surface area (Å²) in [5.74, 6) is 0.449. The third-order valence-corrected chi connectivity index (χ3v) is 2.52. The van der Waals surface area contributed by atoms with E-state index in [1.54, 1.807) is 13.0 Å². The first kappa shape index (κ1) is 12.2. The Morgan fingerprint density at radius 1 is 1.33 bits per heavy atom. The summed E-state index contributed by atoms with van der Waals surface area (Å²) in [7, 11) is 0. The van der Waals surface area contributed by atoms with E-state index in [2.05, 4.69) is 4.98 Å². The van der Waals surface area contributed by atoms with Crippen molar-refractivity contribution in [1.29, 1.82) is 5.26 Å². The molecule has 0 fully saturated rings. The molecule has 0 aliphatic rings. The Labute approximate surface area is 101 Å². The summed E-state index contributed by atoms with van der Waals surface area (Å²) in [6.45, 7) is 1.61. The van der Waals surface area contributed by atoms with Crippen LogP contribution in [0.4, 0.5) is 13.2 Å². The molecule has 0 atom stereocenters. The van der Waals surface area contributed by atoms with Crippen molar-refractivity contribution in [2.24, 2.45) is 0 Å². The van der Waals surface area contributed by atoms with Gasteiger partial charge in [0.05, 0.1) is 22.9 Å². The van der Waals surface area contributed by atoms with Gasteiger partial charge in [-0.3, -0.25) is 0 Å². The minimum absolute atomic E-state index is 0.0242. The summed E-state index contributed by atoms with van der Waals surface area (Å²) in [5, 5.41) is 8.67. The highest BCUT2D eigenvalue weighted by Gasteiger charge is 2.34. The van der Waals surface area contributed by atoms with Gasteiger partial charge in [-0.15, -0.1) is 0 Å². The molecule has 92 valence electrons. The van der Waals surface area contributed by atoms with Gasteiger partial charge in [0.2, 0.25) is 0 Å². The van der Waals surface area contributed by atoms with E-state index in [4.69, 9.17) is 5.26 Å². The lowest BCUT2D eigenvalue weighted by atomic mass is 10.1. The van der Waals surface area contributed by atoms with Crippen molar-refractivity contribution in [1.82, 2.24) is 9.55 Å². The Morgan fingerprint density at radius 2 is 2.06 bits per heavy atom. The Morgan fingerprint density at radius 3 is 2.56 bits per heavy atom. The van der Waals surface area contributed by atoms with Crippen LogP contribution >= 0.6 is 0 Å². The van der Waals surface area contributed by atoms with Crippen molar-refractivity contribution < 1.29 is 13.2 Å². The second-order valence-electron chi connectivity index (χ2n) is 3.69. The van der Waals surface area contributed by atoms with Gasteiger partial charge in [-0.25, -0.2) is 4.98 Å². The van der Waals surface area contributed by atoms with E-state index in [0.717, 1.165) is 6.07 Å². The molecule has 2 rings (SSSR count). The van der Waals surface area contributed by atoms with Gasteiger partial charge in [0.15, 0.2) is 0 Å². The number of rotatable bonds is 1. The van der Waals surface area contributed by atoms with E-state index in [0.29, 0.717) is 5.82 Å². The fraction of sp³-hybridized carbons (Fsp3) is 0.167. The zero-order valence-corrected chi connectivity index (χ0v) is 9.36. The van der Waals surface area contributed by atoms with Gasteiger partial charge in [0.25, 0.3) is 0 Å². The lowest BCUT2D eigenvalue weighted by Gasteiger charge is -2.14. The Balaban J connectivity index is 2.69. The standard InChI is InChI=1S/C12H8F3N3/c1-8-17-4-5-18(8)11-3-2-9(7-16)6-10(11)12(13,14)15/h2-6H,1H3. The maximum Gasteiger partial charge on any atom is 0.418 e. The SMILES string of the molecule is Cc1nccn1-c1ccc(C#N)cc1C(F)(F)F. The number of halogens is 3. The number of hydrogen-bond acceptors (Lipinski definition) is 2. The maximum atomic E-state index is 12.9. The number of nitriles is 1. The lowest BCUT2D eigenvalue weighted by Crippen LogP contribution is -2.11. The zero-order valence-electron chi connectivity index (χ0n) is 9.36. The van der Waals surface area contributed by atoms with Crippen molar-refractivity contribution in [3.8, 4) is 11.8 Å². The van der Waals surface area contributed by atoms with Crippen LogP contribution in [0, 0.1) is 18.3 Å². The number of benzene rings is 1. The van der Waals surface area contributed by atoms with Crippen LogP contribution in [-0.4, -0.2) is 9.55 Å². The molecule has 6 heteroatoms. The third kappa shape index (κ3) is 2.07. The maximum absolute atomic E-state index is 12.9. The number of alkyl halides is 3. The number of nitrogens with zero attached hydrogens (tertiary/aromatic N) is 3. The molecule has 0 bridgehead atoms. The largest absolute Gasteiger partial charge is 0.418 e. The molecule has 0 N–H and O–H groups in total. The topological polar surface area (TPSA) is 41.6 Å². The summed E-state index contributed by atoms with van der Waals surface area (Å²) >= 11 is 0. The summed E-state index contributed by atoms with van der Waals surface area (Å²) < 4.78 is 40.2. The normalized spacial score (nSPS) is 11.3. The van der Waals surface area contributed by atoms with Crippen LogP contribution in [0.2, 0.25) is 0 Å². The molecule has 0 unspecified atom stereocenters. The molecule has 0 spiro atoms. The molecule has 3 nitrogen and oxygen atoms in total. The predicted octanol–water partition coefficient (Wildman–Crippen LogP) is 3.07. The molecule has 0 aliphatic carbocycles. The van der Waals surface area contributed by atoms with Crippen LogP contribution in [0.3, 0.4) is 0 Å². The summed E-state index contributed by atoms with van der Waals surface area (Å²) in [6, 6.07) is 5.17. The number of aryl methyl sites for hydroxylation is 1. The minimum atomic E-state index is -4.51. The fourth-order valence-corrected chi connectivity index (χ4v) is 1.68. The van der Waals surface area contributed by atoms with Gasteiger partial charge in [-0.05, 0) is 25.1 Å². The zero-order chi connectivity index (χ0) is 13.3. The smallest absolute Gasteiger partial charge is 0.303 e. The molecule has 1 aromatic heterocycles. The van der Waals surface area contributed by atoms with Gasteiger partial charge < -0.3 is 4.57 Å². The molecule has 0 amide bonds. The van der Waals surface area contributed by atoms with Crippen LogP contribution in [0.1, 0.15) is 17.0 Å². The monoisotopic (exact) mass is 251 g/mol. The van der Waals surface area contributed by atoms with Gasteiger partial charge in [0.1, 0.15) is 5.82 Å². The highest BCUT2D eigenvalue weighted by Crippen LogP contribution is 2.34. The highest BCUT2D eigenvalue weighted by molar-refractivity contribution is 5.49. The van der Waals surface area contributed by atoms with Crippen molar-refractivity contribution in [2.45, 2.75) is 13.1 Å². The van der Waals surface area contributed by atoms with Gasteiger partial charge in [-0.2, -0.15) is 18.4 Å². The fourth-order valence-electron chi connectivity index (χ4n) is 1.68. The van der Waals surface area contributed by atoms with Crippen LogP contribution in [-0.2, 0) is 6.18 Å². The van der Waals surface area contributed by atoms with Crippen LogP contribution in [0.25, 0.3) is 5.69 Å². The molecular formula is C12H8F3N3. The average molecular weight is 251 g/mol. The number of aromatic nitrogens is 2. The minimum Gasteiger partial charge on any atom is -0.303 e. The van der Waals surface area contributed by atoms with Crippen molar-refractivity contribution in [3.63, 3.8) is 0 Å². The molecular weight excluding hydrogens is 243 g/mol. The summed E-state index contributed by atoms with van der Waals surface area (Å²) in [5.41, 5.74) is -0.900. The highest BCUT2D eigenvalue weighted by atomic mass is 19.4. The molecule has 0 radical (unpaired) electrons. The van der Waals surface area contributed by atoms with Crippen LogP contribution < -0.4 is 0 Å². The second-order valence-corrected chi connectivity index (χ2v) is 3.69. The number of hydrogen-bond donors (Lipinski definition) is 0. The van der Waals surface area contributed by atoms with E-state index >= 15 is 0 Å². The molecule has 18 heavy (non-hydrogen) atoms. The number of imidazole rings is 1. The third-order valence-electron chi connectivity index (χ3n) is 2.52. The van der Waals surface area contributed by atoms with E-state index in [9.17, 15) is 13.2 Å². The molecule has 0 aliphatic heterocycles. The van der Waals surface area contributed by atoms with Gasteiger partial charge >= 0.3 is 6.18 Å². The quantitative estimate of drug-likeness (QED) is 0.781. The first-order chi connectivity index (χ1) is 8.43. The van der Waals surface area contributed by atoms with Gasteiger partial charge in [0, 0.05) is 12.4 Å². The van der Waals surface area contributed by atoms with E-state index in [1.165, 1.54) is 29.1 Å². The van der Waals surface area contributed by atoms with Crippen LogP contribution in [0.15, 0.2) is 30.6 Å². The van der Waals surface area contributed by atoms with Crippen molar-refractivity contribution >= 4 is 0 Å². The predicted molar refractivity (Wildman–Crippen MR) is 58.0 cm³/mol. The van der Waals surface area contributed by atoms with Crippen molar-refractivity contribution in [3.05, 3.63) is 47.5 Å².